The quantitative estimate of drug-likeness (QED) is 0.769. The molecule has 1 unspecified atom stereocenters. The lowest BCUT2D eigenvalue weighted by atomic mass is 9.99. The minimum Gasteiger partial charge on any atom is -0.396 e. The van der Waals surface area contributed by atoms with E-state index in [1.165, 1.54) is 0 Å². The fourth-order valence-electron chi connectivity index (χ4n) is 2.35. The normalized spacial score (nSPS) is 20.4. The molecule has 2 rings (SSSR count). The summed E-state index contributed by atoms with van der Waals surface area (Å²) in [5.74, 6) is 0.112. The largest absolute Gasteiger partial charge is 0.396 e. The number of nitrogens with one attached hydrogen (secondary N) is 1. The van der Waals surface area contributed by atoms with E-state index in [2.05, 4.69) is 25.2 Å². The zero-order valence-corrected chi connectivity index (χ0v) is 11.1. The van der Waals surface area contributed by atoms with Crippen LogP contribution in [0.25, 0.3) is 0 Å². The van der Waals surface area contributed by atoms with Crippen molar-refractivity contribution in [3.8, 4) is 0 Å². The molecule has 0 spiro atoms. The summed E-state index contributed by atoms with van der Waals surface area (Å²) in [6.07, 6.45) is 2.19. The highest BCUT2D eigenvalue weighted by Crippen LogP contribution is 2.14. The number of rotatable bonds is 5. The molecule has 1 saturated heterocycles. The standard InChI is InChI=1S/C12H20N4O3/c1-9-11(15-19-14-9)12(18)13-4-6-16-5-2-3-10(7-16)8-17/h10,17H,2-8H2,1H3,(H,13,18). The molecule has 7 heteroatoms. The number of aliphatic hydroxyl groups is 1. The second kappa shape index (κ2) is 6.63. The molecular weight excluding hydrogens is 248 g/mol. The first-order valence-corrected chi connectivity index (χ1v) is 6.61. The van der Waals surface area contributed by atoms with Gasteiger partial charge in [0.1, 0.15) is 5.69 Å². The third kappa shape index (κ3) is 3.74. The Morgan fingerprint density at radius 3 is 3.11 bits per heavy atom. The Hall–Kier alpha value is -1.47. The highest BCUT2D eigenvalue weighted by atomic mass is 16.6. The van der Waals surface area contributed by atoms with Crippen LogP contribution in [0.4, 0.5) is 0 Å². The molecule has 2 heterocycles. The number of aliphatic hydroxyl groups excluding tert-OH is 1. The number of nitrogens with zero attached hydrogens (tertiary/aromatic N) is 3. The summed E-state index contributed by atoms with van der Waals surface area (Å²) >= 11 is 0. The Balaban J connectivity index is 1.72. The maximum absolute atomic E-state index is 11.8. The molecule has 7 nitrogen and oxygen atoms in total. The van der Waals surface area contributed by atoms with E-state index in [1.54, 1.807) is 6.92 Å². The summed E-state index contributed by atoms with van der Waals surface area (Å²) in [6.45, 7) is 5.19. The number of aromatic nitrogens is 2. The first-order valence-electron chi connectivity index (χ1n) is 6.61. The van der Waals surface area contributed by atoms with E-state index in [-0.39, 0.29) is 18.2 Å². The smallest absolute Gasteiger partial charge is 0.275 e. The van der Waals surface area contributed by atoms with Gasteiger partial charge in [-0.15, -0.1) is 0 Å². The maximum Gasteiger partial charge on any atom is 0.275 e. The van der Waals surface area contributed by atoms with Crippen molar-refractivity contribution in [2.75, 3.05) is 32.8 Å². The SMILES string of the molecule is Cc1nonc1C(=O)NCCN1CCCC(CO)C1. The van der Waals surface area contributed by atoms with Crippen molar-refractivity contribution in [3.63, 3.8) is 0 Å². The van der Waals surface area contributed by atoms with E-state index in [0.717, 1.165) is 32.5 Å². The van der Waals surface area contributed by atoms with Crippen LogP contribution in [0, 0.1) is 12.8 Å². The molecule has 1 aliphatic rings. The predicted molar refractivity (Wildman–Crippen MR) is 67.6 cm³/mol. The highest BCUT2D eigenvalue weighted by Gasteiger charge is 2.19. The number of hydrogen-bond acceptors (Lipinski definition) is 6. The number of likely N-dealkylation sites (tertiary alicyclic amines) is 1. The van der Waals surface area contributed by atoms with Crippen molar-refractivity contribution in [3.05, 3.63) is 11.4 Å². The van der Waals surface area contributed by atoms with Crippen molar-refractivity contribution in [1.29, 1.82) is 0 Å². The zero-order valence-electron chi connectivity index (χ0n) is 11.1. The molecule has 1 aromatic heterocycles. The van der Waals surface area contributed by atoms with Crippen LogP contribution in [0.2, 0.25) is 0 Å². The Morgan fingerprint density at radius 1 is 1.58 bits per heavy atom. The van der Waals surface area contributed by atoms with E-state index in [4.69, 9.17) is 5.11 Å². The van der Waals surface area contributed by atoms with Crippen molar-refractivity contribution in [1.82, 2.24) is 20.5 Å². The van der Waals surface area contributed by atoms with E-state index >= 15 is 0 Å². The van der Waals surface area contributed by atoms with E-state index in [9.17, 15) is 4.79 Å². The van der Waals surface area contributed by atoms with Crippen LogP contribution in [0.3, 0.4) is 0 Å². The molecule has 1 aliphatic heterocycles. The van der Waals surface area contributed by atoms with Crippen LogP contribution in [0.1, 0.15) is 29.0 Å². The molecule has 0 saturated carbocycles. The lowest BCUT2D eigenvalue weighted by molar-refractivity contribution is 0.0921. The van der Waals surface area contributed by atoms with Gasteiger partial charge in [-0.3, -0.25) is 4.79 Å². The second-order valence-corrected chi connectivity index (χ2v) is 4.95. The highest BCUT2D eigenvalue weighted by molar-refractivity contribution is 5.92. The van der Waals surface area contributed by atoms with Gasteiger partial charge in [0.05, 0.1) is 0 Å². The van der Waals surface area contributed by atoms with Crippen molar-refractivity contribution < 1.29 is 14.5 Å². The molecule has 0 bridgehead atoms. The van der Waals surface area contributed by atoms with Gasteiger partial charge in [0.25, 0.3) is 5.91 Å². The topological polar surface area (TPSA) is 91.5 Å². The monoisotopic (exact) mass is 268 g/mol. The first kappa shape index (κ1) is 14.0. The molecule has 0 aliphatic carbocycles. The van der Waals surface area contributed by atoms with Crippen LogP contribution in [-0.2, 0) is 0 Å². The van der Waals surface area contributed by atoms with E-state index < -0.39 is 0 Å². The Labute approximate surface area is 111 Å². The van der Waals surface area contributed by atoms with Crippen LogP contribution in [0.5, 0.6) is 0 Å². The number of carbonyl (C=O) groups is 1. The minimum atomic E-state index is -0.255. The average Bonchev–Trinajstić information content (AvgIpc) is 2.85. The lowest BCUT2D eigenvalue weighted by Crippen LogP contribution is -2.41. The molecule has 1 amide bonds. The lowest BCUT2D eigenvalue weighted by Gasteiger charge is -2.31. The molecule has 1 aromatic rings. The number of piperidine rings is 1. The van der Waals surface area contributed by atoms with Gasteiger partial charge in [0.15, 0.2) is 5.69 Å². The molecular formula is C12H20N4O3. The van der Waals surface area contributed by atoms with Gasteiger partial charge in [-0.25, -0.2) is 4.63 Å². The van der Waals surface area contributed by atoms with E-state index in [1.807, 2.05) is 0 Å². The molecule has 19 heavy (non-hydrogen) atoms. The van der Waals surface area contributed by atoms with Gasteiger partial charge in [0.2, 0.25) is 0 Å². The van der Waals surface area contributed by atoms with Gasteiger partial charge >= 0.3 is 0 Å². The van der Waals surface area contributed by atoms with Crippen molar-refractivity contribution >= 4 is 5.91 Å². The Morgan fingerprint density at radius 2 is 2.42 bits per heavy atom. The predicted octanol–water partition coefficient (Wildman–Crippen LogP) is -0.188. The Bertz CT molecular complexity index is 421. The van der Waals surface area contributed by atoms with Crippen LogP contribution < -0.4 is 5.32 Å². The average molecular weight is 268 g/mol. The van der Waals surface area contributed by atoms with Crippen LogP contribution in [-0.4, -0.2) is 59.0 Å². The summed E-state index contributed by atoms with van der Waals surface area (Å²) in [5.41, 5.74) is 0.739. The maximum atomic E-state index is 11.8. The number of carbonyl (C=O) groups excluding carboxylic acids is 1. The molecule has 1 fully saturated rings. The molecule has 106 valence electrons. The fraction of sp³-hybridized carbons (Fsp3) is 0.750. The van der Waals surface area contributed by atoms with Crippen molar-refractivity contribution in [2.24, 2.45) is 5.92 Å². The summed E-state index contributed by atoms with van der Waals surface area (Å²) < 4.78 is 4.49. The van der Waals surface area contributed by atoms with Gasteiger partial charge in [-0.05, 0) is 37.4 Å². The molecule has 0 radical (unpaired) electrons. The molecule has 0 aromatic carbocycles. The van der Waals surface area contributed by atoms with Gasteiger partial charge in [0, 0.05) is 26.2 Å². The summed E-state index contributed by atoms with van der Waals surface area (Å²) in [5, 5.41) is 19.1. The number of hydrogen-bond donors (Lipinski definition) is 2. The molecule has 2 N–H and O–H groups in total. The third-order valence-electron chi connectivity index (χ3n) is 3.44. The summed E-state index contributed by atoms with van der Waals surface area (Å²) in [4.78, 5) is 14.0. The minimum absolute atomic E-state index is 0.242. The summed E-state index contributed by atoms with van der Waals surface area (Å²) in [7, 11) is 0. The second-order valence-electron chi connectivity index (χ2n) is 4.95. The van der Waals surface area contributed by atoms with E-state index in [0.29, 0.717) is 18.2 Å². The third-order valence-corrected chi connectivity index (χ3v) is 3.44. The number of aryl methyl sites for hydroxylation is 1. The van der Waals surface area contributed by atoms with Gasteiger partial charge in [-0.1, -0.05) is 5.16 Å². The zero-order chi connectivity index (χ0) is 13.7. The van der Waals surface area contributed by atoms with Crippen LogP contribution in [0.15, 0.2) is 4.63 Å². The van der Waals surface area contributed by atoms with Gasteiger partial charge < -0.3 is 15.3 Å². The van der Waals surface area contributed by atoms with Crippen LogP contribution >= 0.6 is 0 Å². The summed E-state index contributed by atoms with van der Waals surface area (Å²) in [6, 6.07) is 0. The fourth-order valence-corrected chi connectivity index (χ4v) is 2.35. The van der Waals surface area contributed by atoms with Crippen molar-refractivity contribution in [2.45, 2.75) is 19.8 Å². The number of amides is 1. The Kier molecular flexibility index (Phi) is 4.86. The molecule has 1 atom stereocenters. The first-order chi connectivity index (χ1) is 9.20. The van der Waals surface area contributed by atoms with Gasteiger partial charge in [-0.2, -0.15) is 0 Å².